The third-order valence-electron chi connectivity index (χ3n) is 2.89. The van der Waals surface area contributed by atoms with Crippen LogP contribution in [0.1, 0.15) is 28.8 Å². The van der Waals surface area contributed by atoms with Crippen LogP contribution in [0.2, 0.25) is 0 Å². The lowest BCUT2D eigenvalue weighted by Crippen LogP contribution is -2.04. The average Bonchev–Trinajstić information content (AvgIpc) is 2.57. The SMILES string of the molecule is COc1cc(C=O)cc(Br)c1CP(=O)(OCCC#N)OCCC#N. The van der Waals surface area contributed by atoms with Crippen molar-refractivity contribution in [2.75, 3.05) is 20.3 Å². The van der Waals surface area contributed by atoms with Gasteiger partial charge in [0.05, 0.1) is 51.5 Å². The van der Waals surface area contributed by atoms with Gasteiger partial charge in [-0.15, -0.1) is 0 Å². The summed E-state index contributed by atoms with van der Waals surface area (Å²) in [6.45, 7) is -0.0978. The van der Waals surface area contributed by atoms with E-state index in [0.29, 0.717) is 27.6 Å². The molecule has 0 saturated carbocycles. The van der Waals surface area contributed by atoms with Crippen LogP contribution >= 0.6 is 23.5 Å². The molecule has 0 amide bonds. The summed E-state index contributed by atoms with van der Waals surface area (Å²) in [7, 11) is -2.16. The molecular weight excluding hydrogens is 399 g/mol. The summed E-state index contributed by atoms with van der Waals surface area (Å²) in [4.78, 5) is 10.9. The van der Waals surface area contributed by atoms with Crippen molar-refractivity contribution in [2.45, 2.75) is 19.0 Å². The van der Waals surface area contributed by atoms with E-state index in [4.69, 9.17) is 24.3 Å². The van der Waals surface area contributed by atoms with Gasteiger partial charge in [0, 0.05) is 15.6 Å². The number of ether oxygens (including phenoxy) is 1. The molecule has 1 aromatic carbocycles. The Morgan fingerprint density at radius 2 is 1.79 bits per heavy atom. The van der Waals surface area contributed by atoms with Crippen molar-refractivity contribution in [1.29, 1.82) is 10.5 Å². The number of rotatable bonds is 10. The van der Waals surface area contributed by atoms with Crippen LogP contribution in [-0.2, 0) is 19.8 Å². The van der Waals surface area contributed by atoms with Gasteiger partial charge in [0.2, 0.25) is 0 Å². The second-order valence-corrected chi connectivity index (χ2v) is 7.46. The van der Waals surface area contributed by atoms with E-state index in [0.717, 1.165) is 0 Å². The van der Waals surface area contributed by atoms with Crippen LogP contribution in [0.4, 0.5) is 0 Å². The summed E-state index contributed by atoms with van der Waals surface area (Å²) in [5.41, 5.74) is 0.911. The molecule has 1 rings (SSSR count). The maximum absolute atomic E-state index is 12.9. The molecule has 0 aliphatic rings. The number of hydrogen-bond donors (Lipinski definition) is 0. The molecule has 0 radical (unpaired) electrons. The summed E-state index contributed by atoms with van der Waals surface area (Å²) in [5, 5.41) is 17.2. The molecule has 0 saturated heterocycles. The monoisotopic (exact) mass is 414 g/mol. The summed E-state index contributed by atoms with van der Waals surface area (Å²) >= 11 is 3.32. The minimum atomic E-state index is -3.59. The van der Waals surface area contributed by atoms with Gasteiger partial charge in [0.15, 0.2) is 0 Å². The molecule has 0 aliphatic carbocycles. The first-order valence-corrected chi connectivity index (χ1v) is 9.45. The Kier molecular flexibility index (Phi) is 8.67. The third-order valence-corrected chi connectivity index (χ3v) is 5.45. The van der Waals surface area contributed by atoms with E-state index in [-0.39, 0.29) is 32.2 Å². The van der Waals surface area contributed by atoms with Crippen molar-refractivity contribution in [3.8, 4) is 17.9 Å². The molecule has 0 heterocycles. The average molecular weight is 415 g/mol. The lowest BCUT2D eigenvalue weighted by Gasteiger charge is -2.20. The highest BCUT2D eigenvalue weighted by atomic mass is 79.9. The first-order chi connectivity index (χ1) is 11.5. The fourth-order valence-corrected chi connectivity index (χ4v) is 4.34. The summed E-state index contributed by atoms with van der Waals surface area (Å²) in [6.07, 6.45) is 0.679. The van der Waals surface area contributed by atoms with Gasteiger partial charge in [-0.25, -0.2) is 0 Å². The minimum Gasteiger partial charge on any atom is -0.496 e. The number of nitriles is 2. The Bertz CT molecular complexity index is 687. The van der Waals surface area contributed by atoms with Gasteiger partial charge in [-0.2, -0.15) is 10.5 Å². The molecule has 24 heavy (non-hydrogen) atoms. The molecule has 0 bridgehead atoms. The number of carbonyl (C=O) groups is 1. The van der Waals surface area contributed by atoms with E-state index in [1.54, 1.807) is 6.07 Å². The van der Waals surface area contributed by atoms with Crippen molar-refractivity contribution < 1.29 is 23.1 Å². The topological polar surface area (TPSA) is 109 Å². The zero-order valence-electron chi connectivity index (χ0n) is 13.0. The van der Waals surface area contributed by atoms with Gasteiger partial charge in [-0.1, -0.05) is 15.9 Å². The predicted molar refractivity (Wildman–Crippen MR) is 89.8 cm³/mol. The molecule has 7 nitrogen and oxygen atoms in total. The molecular formula is C15H16BrN2O5P. The molecule has 0 fully saturated rings. The molecule has 0 unspecified atom stereocenters. The van der Waals surface area contributed by atoms with Crippen LogP contribution in [0.15, 0.2) is 16.6 Å². The van der Waals surface area contributed by atoms with Crippen molar-refractivity contribution in [1.82, 2.24) is 0 Å². The molecule has 0 aromatic heterocycles. The highest BCUT2D eigenvalue weighted by Crippen LogP contribution is 2.54. The molecule has 9 heteroatoms. The summed E-state index contributed by atoms with van der Waals surface area (Å²) < 4.78 is 29.2. The van der Waals surface area contributed by atoms with Gasteiger partial charge in [-0.3, -0.25) is 9.36 Å². The van der Waals surface area contributed by atoms with E-state index < -0.39 is 7.60 Å². The standard InChI is InChI=1S/C15H16BrN2O5P/c1-21-15-9-12(10-19)8-14(16)13(15)11-24(20,22-6-2-4-17)23-7-3-5-18/h8-10H,2-3,6-7,11H2,1H3. The quantitative estimate of drug-likeness (QED) is 0.325. The molecule has 0 atom stereocenters. The van der Waals surface area contributed by atoms with Crippen molar-refractivity contribution >= 4 is 29.8 Å². The number of hydrogen-bond acceptors (Lipinski definition) is 7. The largest absolute Gasteiger partial charge is 0.496 e. The zero-order valence-corrected chi connectivity index (χ0v) is 15.5. The molecule has 0 aliphatic heterocycles. The van der Waals surface area contributed by atoms with Gasteiger partial charge in [0.25, 0.3) is 0 Å². The fraction of sp³-hybridized carbons (Fsp3) is 0.400. The third kappa shape index (κ3) is 6.07. The smallest absolute Gasteiger partial charge is 0.335 e. The van der Waals surface area contributed by atoms with Crippen LogP contribution in [0.5, 0.6) is 5.75 Å². The number of nitrogens with zero attached hydrogens (tertiary/aromatic N) is 2. The number of aldehydes is 1. The second-order valence-electron chi connectivity index (χ2n) is 4.55. The Morgan fingerprint density at radius 3 is 2.25 bits per heavy atom. The van der Waals surface area contributed by atoms with Crippen molar-refractivity contribution in [3.05, 3.63) is 27.7 Å². The maximum Gasteiger partial charge on any atom is 0.335 e. The van der Waals surface area contributed by atoms with Gasteiger partial charge < -0.3 is 13.8 Å². The van der Waals surface area contributed by atoms with Crippen LogP contribution in [-0.4, -0.2) is 26.6 Å². The number of benzene rings is 1. The lowest BCUT2D eigenvalue weighted by molar-refractivity contribution is 0.112. The second kappa shape index (κ2) is 10.2. The van der Waals surface area contributed by atoms with Gasteiger partial charge in [-0.05, 0) is 12.1 Å². The maximum atomic E-state index is 12.9. The lowest BCUT2D eigenvalue weighted by atomic mass is 10.1. The Balaban J connectivity index is 3.09. The van der Waals surface area contributed by atoms with E-state index in [1.807, 2.05) is 12.1 Å². The van der Waals surface area contributed by atoms with E-state index in [9.17, 15) is 9.36 Å². The molecule has 128 valence electrons. The summed E-state index contributed by atoms with van der Waals surface area (Å²) in [5.74, 6) is 0.361. The number of methoxy groups -OCH3 is 1. The zero-order chi connectivity index (χ0) is 18.0. The highest BCUT2D eigenvalue weighted by Gasteiger charge is 2.28. The number of halogens is 1. The minimum absolute atomic E-state index is 0.0489. The molecule has 0 spiro atoms. The van der Waals surface area contributed by atoms with E-state index in [2.05, 4.69) is 15.9 Å². The first-order valence-electron chi connectivity index (χ1n) is 6.93. The van der Waals surface area contributed by atoms with Gasteiger partial charge in [0.1, 0.15) is 12.0 Å². The van der Waals surface area contributed by atoms with Gasteiger partial charge >= 0.3 is 7.60 Å². The fourth-order valence-electron chi connectivity index (χ4n) is 1.82. The Hall–Kier alpha value is -1.70. The van der Waals surface area contributed by atoms with Crippen molar-refractivity contribution in [3.63, 3.8) is 0 Å². The predicted octanol–water partition coefficient (Wildman–Crippen LogP) is 3.82. The van der Waals surface area contributed by atoms with Crippen LogP contribution in [0.25, 0.3) is 0 Å². The normalized spacial score (nSPS) is 10.7. The van der Waals surface area contributed by atoms with Crippen LogP contribution in [0, 0.1) is 22.7 Å². The number of carbonyl (C=O) groups excluding carboxylic acids is 1. The summed E-state index contributed by atoms with van der Waals surface area (Å²) in [6, 6.07) is 6.87. The van der Waals surface area contributed by atoms with Crippen LogP contribution in [0.3, 0.4) is 0 Å². The van der Waals surface area contributed by atoms with E-state index >= 15 is 0 Å². The van der Waals surface area contributed by atoms with Crippen molar-refractivity contribution in [2.24, 2.45) is 0 Å². The van der Waals surface area contributed by atoms with E-state index in [1.165, 1.54) is 13.2 Å². The first kappa shape index (κ1) is 20.3. The molecule has 1 aromatic rings. The Labute approximate surface area is 148 Å². The molecule has 0 N–H and O–H groups in total. The van der Waals surface area contributed by atoms with Crippen LogP contribution < -0.4 is 4.74 Å². The highest BCUT2D eigenvalue weighted by molar-refractivity contribution is 9.10. The Morgan fingerprint density at radius 1 is 1.21 bits per heavy atom.